The second-order valence-corrected chi connectivity index (χ2v) is 7.09. The maximum atomic E-state index is 12.6. The number of thiophene rings is 1. The molecule has 1 aliphatic heterocycles. The third kappa shape index (κ3) is 2.76. The van der Waals surface area contributed by atoms with Gasteiger partial charge < -0.3 is 15.3 Å². The minimum atomic E-state index is -0.248. The highest BCUT2D eigenvalue weighted by Crippen LogP contribution is 2.25. The molecule has 0 saturated carbocycles. The number of hydrogen-bond donors (Lipinski definition) is 3. The molecule has 7 heteroatoms. The molecule has 1 aliphatic rings. The minimum absolute atomic E-state index is 0.0362. The van der Waals surface area contributed by atoms with Gasteiger partial charge in [0.15, 0.2) is 0 Å². The Morgan fingerprint density at radius 3 is 3.00 bits per heavy atom. The van der Waals surface area contributed by atoms with E-state index in [0.29, 0.717) is 11.2 Å². The summed E-state index contributed by atoms with van der Waals surface area (Å²) in [6.45, 7) is 3.65. The summed E-state index contributed by atoms with van der Waals surface area (Å²) in [6, 6.07) is 7.28. The highest BCUT2D eigenvalue weighted by atomic mass is 32.1. The summed E-state index contributed by atoms with van der Waals surface area (Å²) in [7, 11) is 0. The third-order valence-corrected chi connectivity index (χ3v) is 5.57. The van der Waals surface area contributed by atoms with Crippen molar-refractivity contribution >= 4 is 34.0 Å². The van der Waals surface area contributed by atoms with Crippen molar-refractivity contribution in [3.63, 3.8) is 0 Å². The first kappa shape index (κ1) is 15.2. The minimum Gasteiger partial charge on any atom is -0.325 e. The normalized spacial score (nSPS) is 16.0. The van der Waals surface area contributed by atoms with Crippen molar-refractivity contribution in [3.8, 4) is 0 Å². The summed E-state index contributed by atoms with van der Waals surface area (Å²) in [5.74, 6) is -0.0362. The van der Waals surface area contributed by atoms with Crippen LogP contribution in [0.25, 0.3) is 11.0 Å². The molecule has 3 aromatic rings. The monoisotopic (exact) mass is 342 g/mol. The summed E-state index contributed by atoms with van der Waals surface area (Å²) < 4.78 is 0. The molecule has 0 spiro atoms. The SMILES string of the molecule is CC(C(=O)Nc1ccc2[nH]c(=O)[nH]c2c1)N1CCc2sccc2C1. The van der Waals surface area contributed by atoms with Crippen LogP contribution < -0.4 is 11.0 Å². The molecule has 2 aromatic heterocycles. The van der Waals surface area contributed by atoms with Gasteiger partial charge >= 0.3 is 5.69 Å². The predicted molar refractivity (Wildman–Crippen MR) is 95.4 cm³/mol. The molecular formula is C17H18N4O2S. The molecular weight excluding hydrogens is 324 g/mol. The zero-order valence-electron chi connectivity index (χ0n) is 13.3. The lowest BCUT2D eigenvalue weighted by Gasteiger charge is -2.31. The topological polar surface area (TPSA) is 81.0 Å². The molecule has 124 valence electrons. The van der Waals surface area contributed by atoms with E-state index in [4.69, 9.17) is 0 Å². The second-order valence-electron chi connectivity index (χ2n) is 6.09. The van der Waals surface area contributed by atoms with Crippen molar-refractivity contribution in [3.05, 3.63) is 50.6 Å². The molecule has 4 rings (SSSR count). The third-order valence-electron chi connectivity index (χ3n) is 4.55. The van der Waals surface area contributed by atoms with E-state index in [2.05, 4.69) is 31.6 Å². The number of rotatable bonds is 3. The van der Waals surface area contributed by atoms with Crippen LogP contribution in [0.3, 0.4) is 0 Å². The molecule has 3 heterocycles. The number of nitrogens with zero attached hydrogens (tertiary/aromatic N) is 1. The van der Waals surface area contributed by atoms with Gasteiger partial charge in [-0.25, -0.2) is 4.79 Å². The lowest BCUT2D eigenvalue weighted by Crippen LogP contribution is -2.44. The van der Waals surface area contributed by atoms with Crippen LogP contribution in [0.1, 0.15) is 17.4 Å². The molecule has 0 bridgehead atoms. The van der Waals surface area contributed by atoms with Crippen LogP contribution in [0.2, 0.25) is 0 Å². The Morgan fingerprint density at radius 2 is 2.12 bits per heavy atom. The van der Waals surface area contributed by atoms with E-state index >= 15 is 0 Å². The van der Waals surface area contributed by atoms with E-state index < -0.39 is 0 Å². The van der Waals surface area contributed by atoms with Gasteiger partial charge in [-0.05, 0) is 48.6 Å². The Bertz CT molecular complexity index is 955. The number of imidazole rings is 1. The molecule has 1 aromatic carbocycles. The number of amides is 1. The lowest BCUT2D eigenvalue weighted by atomic mass is 10.1. The van der Waals surface area contributed by atoms with Crippen LogP contribution in [0, 0.1) is 0 Å². The molecule has 0 saturated heterocycles. The van der Waals surface area contributed by atoms with E-state index in [9.17, 15) is 9.59 Å². The number of carbonyl (C=O) groups is 1. The molecule has 1 amide bonds. The number of benzene rings is 1. The molecule has 6 nitrogen and oxygen atoms in total. The first-order valence-corrected chi connectivity index (χ1v) is 8.80. The molecule has 1 unspecified atom stereocenters. The van der Waals surface area contributed by atoms with Crippen LogP contribution in [0.15, 0.2) is 34.4 Å². The fourth-order valence-electron chi connectivity index (χ4n) is 3.12. The Hall–Kier alpha value is -2.38. The highest BCUT2D eigenvalue weighted by Gasteiger charge is 2.25. The summed E-state index contributed by atoms with van der Waals surface area (Å²) in [6.07, 6.45) is 1.00. The van der Waals surface area contributed by atoms with Gasteiger partial charge in [0, 0.05) is 23.7 Å². The number of anilines is 1. The van der Waals surface area contributed by atoms with Gasteiger partial charge in [0.1, 0.15) is 0 Å². The van der Waals surface area contributed by atoms with E-state index in [-0.39, 0.29) is 17.6 Å². The number of fused-ring (bicyclic) bond motifs is 2. The number of carbonyl (C=O) groups excluding carboxylic acids is 1. The average Bonchev–Trinajstić information content (AvgIpc) is 3.17. The number of nitrogens with one attached hydrogen (secondary N) is 3. The van der Waals surface area contributed by atoms with E-state index in [1.54, 1.807) is 29.5 Å². The Morgan fingerprint density at radius 1 is 1.29 bits per heavy atom. The summed E-state index contributed by atoms with van der Waals surface area (Å²) in [5.41, 5.74) is 3.18. The number of aromatic nitrogens is 2. The average molecular weight is 342 g/mol. The van der Waals surface area contributed by atoms with Gasteiger partial charge in [0.2, 0.25) is 5.91 Å². The maximum absolute atomic E-state index is 12.6. The zero-order chi connectivity index (χ0) is 16.7. The first-order valence-electron chi connectivity index (χ1n) is 7.92. The van der Waals surface area contributed by atoms with Gasteiger partial charge in [-0.3, -0.25) is 9.69 Å². The summed E-state index contributed by atoms with van der Waals surface area (Å²) in [4.78, 5) is 32.9. The fraction of sp³-hybridized carbons (Fsp3) is 0.294. The molecule has 0 fully saturated rings. The first-order chi connectivity index (χ1) is 11.6. The highest BCUT2D eigenvalue weighted by molar-refractivity contribution is 7.10. The standard InChI is InChI=1S/C17H18N4O2S/c1-10(21-6-4-15-11(9-21)5-7-24-15)16(22)18-12-2-3-13-14(8-12)20-17(23)19-13/h2-3,5,7-8,10H,4,6,9H2,1H3,(H,18,22)(H2,19,20,23). The Balaban J connectivity index is 1.47. The van der Waals surface area contributed by atoms with Crippen LogP contribution in [-0.2, 0) is 17.8 Å². The van der Waals surface area contributed by atoms with Crippen molar-refractivity contribution in [1.29, 1.82) is 0 Å². The lowest BCUT2D eigenvalue weighted by molar-refractivity contribution is -0.121. The van der Waals surface area contributed by atoms with Crippen molar-refractivity contribution in [2.24, 2.45) is 0 Å². The second kappa shape index (κ2) is 5.92. The van der Waals surface area contributed by atoms with Gasteiger partial charge in [-0.15, -0.1) is 11.3 Å². The Kier molecular flexibility index (Phi) is 3.74. The van der Waals surface area contributed by atoms with Gasteiger partial charge in [0.05, 0.1) is 17.1 Å². The maximum Gasteiger partial charge on any atom is 0.323 e. The predicted octanol–water partition coefficient (Wildman–Crippen LogP) is 2.30. The van der Waals surface area contributed by atoms with Crippen molar-refractivity contribution in [2.45, 2.75) is 25.9 Å². The van der Waals surface area contributed by atoms with Gasteiger partial charge in [0.25, 0.3) is 0 Å². The van der Waals surface area contributed by atoms with Crippen molar-refractivity contribution < 1.29 is 4.79 Å². The summed E-state index contributed by atoms with van der Waals surface area (Å²) in [5, 5.41) is 5.06. The van der Waals surface area contributed by atoms with Crippen LogP contribution >= 0.6 is 11.3 Å². The molecule has 0 radical (unpaired) electrons. The zero-order valence-corrected chi connectivity index (χ0v) is 14.1. The molecule has 24 heavy (non-hydrogen) atoms. The molecule has 0 aliphatic carbocycles. The smallest absolute Gasteiger partial charge is 0.323 e. The van der Waals surface area contributed by atoms with Crippen molar-refractivity contribution in [1.82, 2.24) is 14.9 Å². The van der Waals surface area contributed by atoms with E-state index in [0.717, 1.165) is 25.0 Å². The Labute approximate surface area is 142 Å². The van der Waals surface area contributed by atoms with Crippen LogP contribution in [0.4, 0.5) is 5.69 Å². The summed E-state index contributed by atoms with van der Waals surface area (Å²) >= 11 is 1.79. The fourth-order valence-corrected chi connectivity index (χ4v) is 4.01. The number of aromatic amines is 2. The van der Waals surface area contributed by atoms with Gasteiger partial charge in [-0.1, -0.05) is 0 Å². The molecule has 3 N–H and O–H groups in total. The van der Waals surface area contributed by atoms with E-state index in [1.165, 1.54) is 10.4 Å². The number of H-pyrrole nitrogens is 2. The number of hydrogen-bond acceptors (Lipinski definition) is 4. The van der Waals surface area contributed by atoms with Crippen molar-refractivity contribution in [2.75, 3.05) is 11.9 Å². The largest absolute Gasteiger partial charge is 0.325 e. The van der Waals surface area contributed by atoms with E-state index in [1.807, 2.05) is 6.92 Å². The quantitative estimate of drug-likeness (QED) is 0.683. The van der Waals surface area contributed by atoms with Crippen LogP contribution in [-0.4, -0.2) is 33.4 Å². The van der Waals surface area contributed by atoms with Crippen LogP contribution in [0.5, 0.6) is 0 Å². The molecule has 1 atom stereocenters. The van der Waals surface area contributed by atoms with Gasteiger partial charge in [-0.2, -0.15) is 0 Å².